The number of rotatable bonds is 4. The SMILES string of the molecule is CN(CCO)c1ccnc(C(=O)O)c1. The van der Waals surface area contributed by atoms with E-state index in [1.807, 2.05) is 0 Å². The molecule has 5 nitrogen and oxygen atoms in total. The summed E-state index contributed by atoms with van der Waals surface area (Å²) in [7, 11) is 1.77. The van der Waals surface area contributed by atoms with Gasteiger partial charge in [-0.05, 0) is 12.1 Å². The predicted octanol–water partition coefficient (Wildman–Crippen LogP) is 0.208. The third kappa shape index (κ3) is 2.43. The van der Waals surface area contributed by atoms with Gasteiger partial charge in [0.1, 0.15) is 5.69 Å². The van der Waals surface area contributed by atoms with E-state index in [1.54, 1.807) is 18.0 Å². The molecule has 1 rings (SSSR count). The van der Waals surface area contributed by atoms with Crippen LogP contribution in [0, 0.1) is 0 Å². The van der Waals surface area contributed by atoms with Crippen LogP contribution in [-0.2, 0) is 0 Å². The molecule has 1 aromatic heterocycles. The van der Waals surface area contributed by atoms with E-state index >= 15 is 0 Å². The van der Waals surface area contributed by atoms with Gasteiger partial charge in [-0.25, -0.2) is 9.78 Å². The predicted molar refractivity (Wildman–Crippen MR) is 51.6 cm³/mol. The highest BCUT2D eigenvalue weighted by molar-refractivity contribution is 5.86. The summed E-state index contributed by atoms with van der Waals surface area (Å²) >= 11 is 0. The highest BCUT2D eigenvalue weighted by Gasteiger charge is 2.06. The zero-order chi connectivity index (χ0) is 10.6. The summed E-state index contributed by atoms with van der Waals surface area (Å²) in [6.45, 7) is 0.490. The van der Waals surface area contributed by atoms with Gasteiger partial charge >= 0.3 is 5.97 Å². The third-order valence-corrected chi connectivity index (χ3v) is 1.84. The van der Waals surface area contributed by atoms with Crippen molar-refractivity contribution in [3.05, 3.63) is 24.0 Å². The van der Waals surface area contributed by atoms with E-state index in [1.165, 1.54) is 12.3 Å². The van der Waals surface area contributed by atoms with Crippen LogP contribution in [-0.4, -0.2) is 41.4 Å². The topological polar surface area (TPSA) is 73.7 Å². The number of aromatic nitrogens is 1. The number of likely N-dealkylation sites (N-methyl/N-ethyl adjacent to an activating group) is 1. The summed E-state index contributed by atoms with van der Waals surface area (Å²) in [6.07, 6.45) is 1.44. The fourth-order valence-corrected chi connectivity index (χ4v) is 1.05. The summed E-state index contributed by atoms with van der Waals surface area (Å²) in [4.78, 5) is 16.1. The Kier molecular flexibility index (Phi) is 3.41. The van der Waals surface area contributed by atoms with Crippen LogP contribution in [0.4, 0.5) is 5.69 Å². The minimum Gasteiger partial charge on any atom is -0.477 e. The van der Waals surface area contributed by atoms with E-state index in [9.17, 15) is 4.79 Å². The van der Waals surface area contributed by atoms with E-state index in [2.05, 4.69) is 4.98 Å². The maximum absolute atomic E-state index is 10.6. The highest BCUT2D eigenvalue weighted by atomic mass is 16.4. The molecule has 0 unspecified atom stereocenters. The maximum atomic E-state index is 10.6. The van der Waals surface area contributed by atoms with Crippen molar-refractivity contribution in [1.82, 2.24) is 4.98 Å². The van der Waals surface area contributed by atoms with Crippen molar-refractivity contribution >= 4 is 11.7 Å². The molecule has 0 aromatic carbocycles. The number of carboxylic acid groups (broad SMARTS) is 1. The lowest BCUT2D eigenvalue weighted by atomic mass is 10.3. The summed E-state index contributed by atoms with van der Waals surface area (Å²) in [5, 5.41) is 17.4. The molecule has 1 heterocycles. The van der Waals surface area contributed by atoms with Gasteiger partial charge in [-0.2, -0.15) is 0 Å². The van der Waals surface area contributed by atoms with Gasteiger partial charge in [0.25, 0.3) is 0 Å². The van der Waals surface area contributed by atoms with E-state index in [0.717, 1.165) is 5.69 Å². The Labute approximate surface area is 81.6 Å². The minimum atomic E-state index is -1.05. The summed E-state index contributed by atoms with van der Waals surface area (Å²) in [5.41, 5.74) is 0.735. The van der Waals surface area contributed by atoms with Gasteiger partial charge in [-0.3, -0.25) is 0 Å². The molecule has 0 saturated carbocycles. The Balaban J connectivity index is 2.87. The zero-order valence-corrected chi connectivity index (χ0v) is 7.84. The smallest absolute Gasteiger partial charge is 0.354 e. The highest BCUT2D eigenvalue weighted by Crippen LogP contribution is 2.12. The molecular formula is C9H12N2O3. The Morgan fingerprint density at radius 3 is 2.93 bits per heavy atom. The van der Waals surface area contributed by atoms with Crippen LogP contribution in [0.15, 0.2) is 18.3 Å². The number of aliphatic hydroxyl groups is 1. The second-order valence-corrected chi connectivity index (χ2v) is 2.85. The minimum absolute atomic E-state index is 0.00675. The fourth-order valence-electron chi connectivity index (χ4n) is 1.05. The molecule has 0 amide bonds. The van der Waals surface area contributed by atoms with Gasteiger partial charge in [0.05, 0.1) is 6.61 Å². The van der Waals surface area contributed by atoms with Crippen molar-refractivity contribution in [2.75, 3.05) is 25.1 Å². The van der Waals surface area contributed by atoms with Gasteiger partial charge in [0, 0.05) is 25.5 Å². The van der Waals surface area contributed by atoms with Crippen LogP contribution in [0.1, 0.15) is 10.5 Å². The fraction of sp³-hybridized carbons (Fsp3) is 0.333. The molecular weight excluding hydrogens is 184 g/mol. The lowest BCUT2D eigenvalue weighted by Crippen LogP contribution is -2.21. The number of hydrogen-bond donors (Lipinski definition) is 2. The molecule has 0 atom stereocenters. The van der Waals surface area contributed by atoms with E-state index < -0.39 is 5.97 Å². The number of anilines is 1. The first-order valence-electron chi connectivity index (χ1n) is 4.16. The molecule has 0 aliphatic carbocycles. The van der Waals surface area contributed by atoms with Crippen molar-refractivity contribution in [3.8, 4) is 0 Å². The number of aliphatic hydroxyl groups excluding tert-OH is 1. The van der Waals surface area contributed by atoms with Crippen LogP contribution >= 0.6 is 0 Å². The van der Waals surface area contributed by atoms with Gasteiger partial charge in [0.15, 0.2) is 0 Å². The summed E-state index contributed by atoms with van der Waals surface area (Å²) in [6, 6.07) is 3.17. The first kappa shape index (κ1) is 10.5. The van der Waals surface area contributed by atoms with Gasteiger partial charge in [-0.1, -0.05) is 0 Å². The van der Waals surface area contributed by atoms with Gasteiger partial charge in [-0.15, -0.1) is 0 Å². The molecule has 0 fully saturated rings. The van der Waals surface area contributed by atoms with Crippen molar-refractivity contribution in [3.63, 3.8) is 0 Å². The summed E-state index contributed by atoms with van der Waals surface area (Å²) < 4.78 is 0. The third-order valence-electron chi connectivity index (χ3n) is 1.84. The van der Waals surface area contributed by atoms with Crippen molar-refractivity contribution in [2.45, 2.75) is 0 Å². The number of hydrogen-bond acceptors (Lipinski definition) is 4. The summed E-state index contributed by atoms with van der Waals surface area (Å²) in [5.74, 6) is -1.05. The van der Waals surface area contributed by atoms with Crippen LogP contribution in [0.25, 0.3) is 0 Å². The first-order valence-corrected chi connectivity index (χ1v) is 4.16. The quantitative estimate of drug-likeness (QED) is 0.720. The van der Waals surface area contributed by atoms with Crippen LogP contribution in [0.2, 0.25) is 0 Å². The lowest BCUT2D eigenvalue weighted by Gasteiger charge is -2.17. The van der Waals surface area contributed by atoms with E-state index in [0.29, 0.717) is 6.54 Å². The first-order chi connectivity index (χ1) is 6.65. The normalized spacial score (nSPS) is 9.86. The molecule has 2 N–H and O–H groups in total. The molecule has 14 heavy (non-hydrogen) atoms. The van der Waals surface area contributed by atoms with E-state index in [-0.39, 0.29) is 12.3 Å². The number of carboxylic acids is 1. The van der Waals surface area contributed by atoms with Crippen LogP contribution in [0.5, 0.6) is 0 Å². The van der Waals surface area contributed by atoms with E-state index in [4.69, 9.17) is 10.2 Å². The van der Waals surface area contributed by atoms with Crippen molar-refractivity contribution < 1.29 is 15.0 Å². The maximum Gasteiger partial charge on any atom is 0.354 e. The molecule has 0 aliphatic heterocycles. The lowest BCUT2D eigenvalue weighted by molar-refractivity contribution is 0.0690. The molecule has 76 valence electrons. The molecule has 5 heteroatoms. The molecule has 0 aliphatic rings. The van der Waals surface area contributed by atoms with Crippen molar-refractivity contribution in [2.24, 2.45) is 0 Å². The molecule has 1 aromatic rings. The number of aromatic carboxylic acids is 1. The van der Waals surface area contributed by atoms with Crippen molar-refractivity contribution in [1.29, 1.82) is 0 Å². The Bertz CT molecular complexity index is 328. The van der Waals surface area contributed by atoms with Crippen LogP contribution in [0.3, 0.4) is 0 Å². The largest absolute Gasteiger partial charge is 0.477 e. The van der Waals surface area contributed by atoms with Gasteiger partial charge in [0.2, 0.25) is 0 Å². The van der Waals surface area contributed by atoms with Crippen LogP contribution < -0.4 is 4.90 Å². The number of pyridine rings is 1. The Morgan fingerprint density at radius 2 is 2.36 bits per heavy atom. The molecule has 0 bridgehead atoms. The van der Waals surface area contributed by atoms with Gasteiger partial charge < -0.3 is 15.1 Å². The average molecular weight is 196 g/mol. The standard InChI is InChI=1S/C9H12N2O3/c1-11(4-5-12)7-2-3-10-8(6-7)9(13)14/h2-3,6,12H,4-5H2,1H3,(H,13,14). The Hall–Kier alpha value is -1.62. The second kappa shape index (κ2) is 4.57. The number of carbonyl (C=O) groups is 1. The second-order valence-electron chi connectivity index (χ2n) is 2.85. The Morgan fingerprint density at radius 1 is 1.64 bits per heavy atom. The molecule has 0 radical (unpaired) electrons. The molecule has 0 saturated heterocycles. The zero-order valence-electron chi connectivity index (χ0n) is 7.84. The number of nitrogens with zero attached hydrogens (tertiary/aromatic N) is 2. The average Bonchev–Trinajstić information content (AvgIpc) is 2.18. The molecule has 0 spiro atoms. The monoisotopic (exact) mass is 196 g/mol.